The fraction of sp³-hybridized carbons (Fsp3) is 0.412. The molecule has 0 radical (unpaired) electrons. The van der Waals surface area contributed by atoms with Gasteiger partial charge in [0.05, 0.1) is 35.5 Å². The zero-order chi connectivity index (χ0) is 17.6. The molecular formula is C17H18N4O3S. The summed E-state index contributed by atoms with van der Waals surface area (Å²) in [6, 6.07) is 5.47. The number of pyridine rings is 1. The predicted molar refractivity (Wildman–Crippen MR) is 91.3 cm³/mol. The lowest BCUT2D eigenvalue weighted by molar-refractivity contribution is 0.0730. The Morgan fingerprint density at radius 1 is 1.36 bits per heavy atom. The molecule has 8 heteroatoms. The van der Waals surface area contributed by atoms with Crippen molar-refractivity contribution in [3.05, 3.63) is 45.7 Å². The summed E-state index contributed by atoms with van der Waals surface area (Å²) in [5, 5.41) is 0.878. The molecule has 2 atom stereocenters. The van der Waals surface area contributed by atoms with Gasteiger partial charge in [-0.1, -0.05) is 6.07 Å². The molecule has 0 unspecified atom stereocenters. The van der Waals surface area contributed by atoms with E-state index in [0.717, 1.165) is 16.4 Å². The average molecular weight is 358 g/mol. The first-order valence-electron chi connectivity index (χ1n) is 8.13. The predicted octanol–water partition coefficient (Wildman–Crippen LogP) is 2.00. The average Bonchev–Trinajstić information content (AvgIpc) is 3.23. The number of nitrogens with zero attached hydrogens (tertiary/aromatic N) is 4. The Kier molecular flexibility index (Phi) is 3.91. The van der Waals surface area contributed by atoms with Crippen LogP contribution in [-0.4, -0.2) is 57.0 Å². The Morgan fingerprint density at radius 2 is 2.20 bits per heavy atom. The van der Waals surface area contributed by atoms with Crippen LogP contribution in [0.3, 0.4) is 0 Å². The highest BCUT2D eigenvalue weighted by Gasteiger charge is 2.49. The molecule has 4 heterocycles. The van der Waals surface area contributed by atoms with Gasteiger partial charge in [-0.15, -0.1) is 11.3 Å². The van der Waals surface area contributed by atoms with Crippen LogP contribution < -0.4 is 0 Å². The first-order valence-corrected chi connectivity index (χ1v) is 8.95. The third-order valence-electron chi connectivity index (χ3n) is 4.57. The van der Waals surface area contributed by atoms with E-state index in [1.165, 1.54) is 11.3 Å². The van der Waals surface area contributed by atoms with Gasteiger partial charge >= 0.3 is 6.09 Å². The van der Waals surface area contributed by atoms with Crippen LogP contribution in [0.5, 0.6) is 0 Å². The Labute approximate surface area is 149 Å². The first-order chi connectivity index (χ1) is 12.0. The zero-order valence-corrected chi connectivity index (χ0v) is 14.8. The van der Waals surface area contributed by atoms with E-state index in [1.54, 1.807) is 16.0 Å². The van der Waals surface area contributed by atoms with E-state index in [-0.39, 0.29) is 24.1 Å². The maximum absolute atomic E-state index is 12.8. The van der Waals surface area contributed by atoms with E-state index in [1.807, 2.05) is 32.0 Å². The quantitative estimate of drug-likeness (QED) is 0.839. The van der Waals surface area contributed by atoms with E-state index in [9.17, 15) is 9.59 Å². The number of carbonyl (C=O) groups is 2. The van der Waals surface area contributed by atoms with Gasteiger partial charge in [0.25, 0.3) is 5.91 Å². The second kappa shape index (κ2) is 6.11. The van der Waals surface area contributed by atoms with E-state index in [0.29, 0.717) is 24.5 Å². The van der Waals surface area contributed by atoms with Gasteiger partial charge in [-0.2, -0.15) is 0 Å². The van der Waals surface area contributed by atoms with E-state index >= 15 is 0 Å². The van der Waals surface area contributed by atoms with Gasteiger partial charge in [-0.25, -0.2) is 9.78 Å². The molecule has 2 aromatic rings. The molecule has 2 aliphatic heterocycles. The van der Waals surface area contributed by atoms with Gasteiger partial charge in [0.2, 0.25) is 0 Å². The number of aryl methyl sites for hydroxylation is 2. The van der Waals surface area contributed by atoms with Crippen LogP contribution in [0.2, 0.25) is 0 Å². The SMILES string of the molecule is Cc1nc(C)c(C(=O)N2C[C@H]3OC(=O)N(Cc4ccccn4)[C@H]3C2)s1. The number of rotatable bonds is 3. The molecule has 0 bridgehead atoms. The molecule has 2 aliphatic rings. The Balaban J connectivity index is 1.50. The van der Waals surface area contributed by atoms with Crippen molar-refractivity contribution >= 4 is 23.3 Å². The molecule has 130 valence electrons. The van der Waals surface area contributed by atoms with Gasteiger partial charge < -0.3 is 9.64 Å². The van der Waals surface area contributed by atoms with E-state index in [2.05, 4.69) is 9.97 Å². The van der Waals surface area contributed by atoms with Crippen molar-refractivity contribution in [1.82, 2.24) is 19.8 Å². The minimum absolute atomic E-state index is 0.0358. The third kappa shape index (κ3) is 2.86. The van der Waals surface area contributed by atoms with Crippen LogP contribution >= 0.6 is 11.3 Å². The van der Waals surface area contributed by atoms with Crippen molar-refractivity contribution in [3.63, 3.8) is 0 Å². The number of fused-ring (bicyclic) bond motifs is 1. The lowest BCUT2D eigenvalue weighted by atomic mass is 10.2. The van der Waals surface area contributed by atoms with Crippen LogP contribution in [0.1, 0.15) is 26.1 Å². The van der Waals surface area contributed by atoms with E-state index in [4.69, 9.17) is 4.74 Å². The number of likely N-dealkylation sites (tertiary alicyclic amines) is 1. The van der Waals surface area contributed by atoms with Crippen molar-refractivity contribution in [3.8, 4) is 0 Å². The van der Waals surface area contributed by atoms with Crippen molar-refractivity contribution < 1.29 is 14.3 Å². The standard InChI is InChI=1S/C17H18N4O3S/c1-10-15(25-11(2)19-10)16(22)20-8-13-14(9-20)24-17(23)21(13)7-12-5-3-4-6-18-12/h3-6,13-14H,7-9H2,1-2H3/t13-,14+/m0/s1. The molecule has 0 saturated carbocycles. The number of hydrogen-bond donors (Lipinski definition) is 0. The molecule has 0 aliphatic carbocycles. The number of thiazole rings is 1. The Hall–Kier alpha value is -2.48. The van der Waals surface area contributed by atoms with Crippen molar-refractivity contribution in [1.29, 1.82) is 0 Å². The summed E-state index contributed by atoms with van der Waals surface area (Å²) in [5.41, 5.74) is 1.56. The highest BCUT2D eigenvalue weighted by Crippen LogP contribution is 2.30. The first kappa shape index (κ1) is 16.0. The molecule has 4 rings (SSSR count). The number of aromatic nitrogens is 2. The minimum Gasteiger partial charge on any atom is -0.442 e. The molecule has 0 N–H and O–H groups in total. The molecule has 2 amide bonds. The van der Waals surface area contributed by atoms with Gasteiger partial charge in [-0.05, 0) is 26.0 Å². The summed E-state index contributed by atoms with van der Waals surface area (Å²) >= 11 is 1.41. The largest absolute Gasteiger partial charge is 0.442 e. The second-order valence-corrected chi connectivity index (χ2v) is 7.50. The summed E-state index contributed by atoms with van der Waals surface area (Å²) in [6.07, 6.45) is 1.08. The van der Waals surface area contributed by atoms with Gasteiger partial charge in [0.15, 0.2) is 0 Å². The van der Waals surface area contributed by atoms with Crippen LogP contribution in [0.15, 0.2) is 24.4 Å². The topological polar surface area (TPSA) is 75.6 Å². The lowest BCUT2D eigenvalue weighted by Gasteiger charge is -2.22. The zero-order valence-electron chi connectivity index (χ0n) is 14.0. The molecule has 0 spiro atoms. The molecule has 7 nitrogen and oxygen atoms in total. The lowest BCUT2D eigenvalue weighted by Crippen LogP contribution is -2.39. The number of carbonyl (C=O) groups excluding carboxylic acids is 2. The number of ether oxygens (including phenoxy) is 1. The van der Waals surface area contributed by atoms with Crippen LogP contribution in [0, 0.1) is 13.8 Å². The molecule has 2 aromatic heterocycles. The van der Waals surface area contributed by atoms with Gasteiger partial charge in [-0.3, -0.25) is 14.7 Å². The second-order valence-electron chi connectivity index (χ2n) is 6.30. The number of hydrogen-bond acceptors (Lipinski definition) is 6. The number of amides is 2. The third-order valence-corrected chi connectivity index (χ3v) is 5.63. The van der Waals surface area contributed by atoms with Gasteiger partial charge in [0, 0.05) is 12.7 Å². The highest BCUT2D eigenvalue weighted by atomic mass is 32.1. The summed E-state index contributed by atoms with van der Waals surface area (Å²) < 4.78 is 5.47. The van der Waals surface area contributed by atoms with E-state index < -0.39 is 0 Å². The summed E-state index contributed by atoms with van der Waals surface area (Å²) in [6.45, 7) is 5.02. The fourth-order valence-corrected chi connectivity index (χ4v) is 4.28. The Morgan fingerprint density at radius 3 is 2.88 bits per heavy atom. The maximum Gasteiger partial charge on any atom is 0.410 e. The summed E-state index contributed by atoms with van der Waals surface area (Å²) in [7, 11) is 0. The summed E-state index contributed by atoms with van der Waals surface area (Å²) in [4.78, 5) is 37.6. The van der Waals surface area contributed by atoms with Crippen LogP contribution in [0.25, 0.3) is 0 Å². The Bertz CT molecular complexity index is 823. The van der Waals surface area contributed by atoms with Crippen LogP contribution in [-0.2, 0) is 11.3 Å². The normalized spacial score (nSPS) is 22.2. The summed E-state index contributed by atoms with van der Waals surface area (Å²) in [5.74, 6) is -0.0358. The maximum atomic E-state index is 12.8. The molecular weight excluding hydrogens is 340 g/mol. The van der Waals surface area contributed by atoms with Crippen molar-refractivity contribution in [2.75, 3.05) is 13.1 Å². The molecule has 2 fully saturated rings. The van der Waals surface area contributed by atoms with Crippen molar-refractivity contribution in [2.24, 2.45) is 0 Å². The van der Waals surface area contributed by atoms with Crippen LogP contribution in [0.4, 0.5) is 4.79 Å². The smallest absolute Gasteiger partial charge is 0.410 e. The molecule has 0 aromatic carbocycles. The fourth-order valence-electron chi connectivity index (χ4n) is 3.39. The monoisotopic (exact) mass is 358 g/mol. The van der Waals surface area contributed by atoms with Crippen molar-refractivity contribution in [2.45, 2.75) is 32.5 Å². The molecule has 2 saturated heterocycles. The molecule has 25 heavy (non-hydrogen) atoms. The minimum atomic E-state index is -0.336. The van der Waals surface area contributed by atoms with Gasteiger partial charge in [0.1, 0.15) is 11.0 Å². The highest BCUT2D eigenvalue weighted by molar-refractivity contribution is 7.13.